The Morgan fingerprint density at radius 2 is 1.71 bits per heavy atom. The van der Waals surface area contributed by atoms with Crippen molar-refractivity contribution in [3.05, 3.63) is 31.4 Å². The van der Waals surface area contributed by atoms with E-state index < -0.39 is 0 Å². The first-order chi connectivity index (χ1) is 5.47. The van der Waals surface area contributed by atoms with Crippen LogP contribution in [0.2, 0.25) is 0 Å². The van der Waals surface area contributed by atoms with Gasteiger partial charge in [-0.2, -0.15) is 0 Å². The van der Waals surface area contributed by atoms with Crippen molar-refractivity contribution >= 4 is 11.0 Å². The Hall–Kier alpha value is 0.748. The van der Waals surface area contributed by atoms with Gasteiger partial charge in [0.05, 0.1) is 0 Å². The molecule has 0 atom stereocenters. The van der Waals surface area contributed by atoms with Crippen LogP contribution in [-0.4, -0.2) is 20.9 Å². The van der Waals surface area contributed by atoms with Gasteiger partial charge in [0.25, 0.3) is 0 Å². The molecule has 0 unspecified atom stereocenters. The molecule has 0 aliphatic heterocycles. The SMILES string of the molecule is O.[CH2-]O.[Y].[Y].c1ccc2[n-]nnc2c1. The third kappa shape index (κ3) is 5.59. The van der Waals surface area contributed by atoms with Gasteiger partial charge in [0.15, 0.2) is 0 Å². The predicted molar refractivity (Wildman–Crippen MR) is 43.8 cm³/mol. The van der Waals surface area contributed by atoms with E-state index in [1.165, 1.54) is 0 Å². The smallest absolute Gasteiger partial charge is 0 e. The Kier molecular flexibility index (Phi) is 17.1. The van der Waals surface area contributed by atoms with Crippen LogP contribution in [0.1, 0.15) is 0 Å². The van der Waals surface area contributed by atoms with Crippen molar-refractivity contribution < 1.29 is 76.0 Å². The second kappa shape index (κ2) is 11.8. The van der Waals surface area contributed by atoms with Gasteiger partial charge in [0.1, 0.15) is 0 Å². The zero-order valence-electron chi connectivity index (χ0n) is 7.46. The molecule has 0 amide bonds. The minimum atomic E-state index is 0. The van der Waals surface area contributed by atoms with Crippen molar-refractivity contribution in [1.82, 2.24) is 15.4 Å². The van der Waals surface area contributed by atoms with Crippen LogP contribution in [0.3, 0.4) is 0 Å². The fraction of sp³-hybridized carbons (Fsp3) is 0. The topological polar surface area (TPSA) is 91.6 Å². The Morgan fingerprint density at radius 1 is 1.14 bits per heavy atom. The molecule has 0 spiro atoms. The fourth-order valence-electron chi connectivity index (χ4n) is 0.752. The zero-order chi connectivity index (χ0) is 8.10. The van der Waals surface area contributed by atoms with E-state index in [0.717, 1.165) is 11.0 Å². The minimum Gasteiger partial charge on any atom is -0.569 e. The molecule has 5 nitrogen and oxygen atoms in total. The number of aromatic nitrogens is 3. The molecule has 72 valence electrons. The number of rotatable bonds is 0. The van der Waals surface area contributed by atoms with Crippen LogP contribution in [-0.2, 0) is 65.4 Å². The van der Waals surface area contributed by atoms with E-state index in [1.54, 1.807) is 0 Å². The average Bonchev–Trinajstić information content (AvgIpc) is 2.55. The number of benzene rings is 1. The molecule has 7 heteroatoms. The Labute approximate surface area is 132 Å². The molecule has 2 radical (unpaired) electrons. The maximum absolute atomic E-state index is 6.75. The molecule has 0 saturated carbocycles. The second-order valence-electron chi connectivity index (χ2n) is 1.78. The van der Waals surface area contributed by atoms with Crippen LogP contribution >= 0.6 is 0 Å². The summed E-state index contributed by atoms with van der Waals surface area (Å²) in [5.41, 5.74) is 1.72. The third-order valence-corrected chi connectivity index (χ3v) is 1.19. The summed E-state index contributed by atoms with van der Waals surface area (Å²) >= 11 is 0. The van der Waals surface area contributed by atoms with Gasteiger partial charge in [-0.3, -0.25) is 5.21 Å². The van der Waals surface area contributed by atoms with Gasteiger partial charge in [0.2, 0.25) is 0 Å². The van der Waals surface area contributed by atoms with Crippen molar-refractivity contribution in [1.29, 1.82) is 0 Å². The van der Waals surface area contributed by atoms with Crippen molar-refractivity contribution in [3.63, 3.8) is 0 Å². The molecule has 0 bridgehead atoms. The van der Waals surface area contributed by atoms with Gasteiger partial charge >= 0.3 is 0 Å². The van der Waals surface area contributed by atoms with Gasteiger partial charge in [-0.1, -0.05) is 24.3 Å². The number of aliphatic hydroxyl groups excluding tert-OH is 1. The molecule has 14 heavy (non-hydrogen) atoms. The molecule has 0 aliphatic rings. The summed E-state index contributed by atoms with van der Waals surface area (Å²) in [6, 6.07) is 7.60. The summed E-state index contributed by atoms with van der Waals surface area (Å²) in [4.78, 5) is 0. The van der Waals surface area contributed by atoms with Crippen LogP contribution in [0.4, 0.5) is 0 Å². The van der Waals surface area contributed by atoms with Crippen LogP contribution in [0.25, 0.3) is 11.0 Å². The van der Waals surface area contributed by atoms with Crippen molar-refractivity contribution in [2.24, 2.45) is 0 Å². The van der Waals surface area contributed by atoms with E-state index in [4.69, 9.17) is 5.11 Å². The molecule has 1 heterocycles. The molecule has 1 aromatic heterocycles. The number of nitrogens with zero attached hydrogens (tertiary/aromatic N) is 3. The summed E-state index contributed by atoms with van der Waals surface area (Å²) in [5, 5.41) is 17.8. The first-order valence-electron chi connectivity index (χ1n) is 2.99. The molecular weight excluding hydrogens is 336 g/mol. The largest absolute Gasteiger partial charge is 0.569 e. The predicted octanol–water partition coefficient (Wildman–Crippen LogP) is -0.0922. The Morgan fingerprint density at radius 3 is 2.29 bits per heavy atom. The van der Waals surface area contributed by atoms with E-state index in [0.29, 0.717) is 0 Å². The minimum absolute atomic E-state index is 0. The molecular formula is C7H9N3O2Y2-2. The Bertz CT molecular complexity index is 299. The van der Waals surface area contributed by atoms with E-state index in [1.807, 2.05) is 24.3 Å². The van der Waals surface area contributed by atoms with Crippen molar-refractivity contribution in [3.8, 4) is 0 Å². The van der Waals surface area contributed by atoms with Gasteiger partial charge in [-0.25, -0.2) is 7.11 Å². The summed E-state index contributed by atoms with van der Waals surface area (Å²) in [6.45, 7) is 0. The van der Waals surface area contributed by atoms with E-state index in [2.05, 4.69) is 22.5 Å². The number of hydrogen-bond acceptors (Lipinski definition) is 3. The molecule has 3 N–H and O–H groups in total. The maximum Gasteiger partial charge on any atom is 0 e. The summed E-state index contributed by atoms with van der Waals surface area (Å²) < 4.78 is 0. The van der Waals surface area contributed by atoms with E-state index >= 15 is 0 Å². The number of aliphatic hydroxyl groups is 1. The zero-order valence-corrected chi connectivity index (χ0v) is 13.1. The van der Waals surface area contributed by atoms with Gasteiger partial charge in [0, 0.05) is 65.4 Å². The molecule has 0 aliphatic carbocycles. The van der Waals surface area contributed by atoms with E-state index in [-0.39, 0.29) is 70.9 Å². The second-order valence-corrected chi connectivity index (χ2v) is 1.78. The standard InChI is InChI=1S/C6H4N3.CH3O.H2O.2Y/c1-2-4-6-5(3-1)7-9-8-6;1-2;;;/h1-4H;2H,1H2;1H2;;/q2*-1;;;. The summed E-state index contributed by atoms with van der Waals surface area (Å²) in [5.74, 6) is 0. The van der Waals surface area contributed by atoms with Crippen LogP contribution in [0.5, 0.6) is 0 Å². The Balaban J connectivity index is -0.000000229. The van der Waals surface area contributed by atoms with Crippen LogP contribution in [0.15, 0.2) is 24.3 Å². The first kappa shape index (κ1) is 20.2. The molecule has 2 aromatic rings. The third-order valence-electron chi connectivity index (χ3n) is 1.19. The summed E-state index contributed by atoms with van der Waals surface area (Å²) in [7, 11) is 2.25. The quantitative estimate of drug-likeness (QED) is 0.676. The van der Waals surface area contributed by atoms with Gasteiger partial charge in [-0.05, 0) is 11.0 Å². The number of fused-ring (bicyclic) bond motifs is 1. The van der Waals surface area contributed by atoms with Crippen LogP contribution in [0, 0.1) is 7.11 Å². The number of hydrogen-bond donors (Lipinski definition) is 1. The van der Waals surface area contributed by atoms with Crippen molar-refractivity contribution in [2.45, 2.75) is 0 Å². The maximum atomic E-state index is 6.75. The molecule has 0 saturated heterocycles. The van der Waals surface area contributed by atoms with Crippen LogP contribution < -0.4 is 5.10 Å². The van der Waals surface area contributed by atoms with Crippen molar-refractivity contribution in [2.75, 3.05) is 0 Å². The average molecular weight is 345 g/mol. The van der Waals surface area contributed by atoms with E-state index in [9.17, 15) is 0 Å². The van der Waals surface area contributed by atoms with Gasteiger partial charge < -0.3 is 20.8 Å². The molecule has 2 rings (SSSR count). The molecule has 1 aromatic carbocycles. The van der Waals surface area contributed by atoms with Gasteiger partial charge in [-0.15, -0.1) is 0 Å². The first-order valence-corrected chi connectivity index (χ1v) is 2.99. The monoisotopic (exact) mass is 345 g/mol. The summed E-state index contributed by atoms with van der Waals surface area (Å²) in [6.07, 6.45) is 0. The fourth-order valence-corrected chi connectivity index (χ4v) is 0.752. The molecule has 0 fully saturated rings. The normalized spacial score (nSPS) is 7.00.